The highest BCUT2D eigenvalue weighted by Crippen LogP contribution is 2.29. The molecule has 1 aromatic rings. The molecule has 0 unspecified atom stereocenters. The van der Waals surface area contributed by atoms with Crippen LogP contribution in [0, 0.1) is 0 Å². The van der Waals surface area contributed by atoms with Gasteiger partial charge in [-0.05, 0) is 12.1 Å². The number of halogens is 1. The van der Waals surface area contributed by atoms with Crippen LogP contribution in [-0.4, -0.2) is 37.5 Å². The first-order valence-corrected chi connectivity index (χ1v) is 7.02. The summed E-state index contributed by atoms with van der Waals surface area (Å²) in [5.74, 6) is 0. The molecule has 0 atom stereocenters. The third-order valence-electron chi connectivity index (χ3n) is 2.28. The summed E-state index contributed by atoms with van der Waals surface area (Å²) >= 11 is 5.88. The summed E-state index contributed by atoms with van der Waals surface area (Å²) in [5, 5.41) is 8.96. The average molecular weight is 291 g/mol. The van der Waals surface area contributed by atoms with E-state index in [9.17, 15) is 8.42 Å². The Kier molecular flexibility index (Phi) is 5.15. The van der Waals surface area contributed by atoms with Gasteiger partial charge in [-0.15, -0.1) is 6.58 Å². The minimum Gasteiger partial charge on any atom is -0.398 e. The van der Waals surface area contributed by atoms with Gasteiger partial charge in [0.05, 0.1) is 17.3 Å². The number of sulfonamides is 1. The molecule has 0 saturated carbocycles. The zero-order valence-corrected chi connectivity index (χ0v) is 11.3. The van der Waals surface area contributed by atoms with Crippen molar-refractivity contribution in [1.82, 2.24) is 4.31 Å². The van der Waals surface area contributed by atoms with Crippen LogP contribution in [0.2, 0.25) is 5.02 Å². The van der Waals surface area contributed by atoms with Crippen molar-refractivity contribution in [2.24, 2.45) is 0 Å². The minimum absolute atomic E-state index is 0.0426. The molecule has 1 aromatic carbocycles. The van der Waals surface area contributed by atoms with E-state index in [1.165, 1.54) is 18.2 Å². The van der Waals surface area contributed by atoms with Crippen LogP contribution < -0.4 is 5.73 Å². The SMILES string of the molecule is C=CCN(CCO)S(=O)(=O)c1c(N)cccc1Cl. The Morgan fingerprint density at radius 3 is 2.67 bits per heavy atom. The lowest BCUT2D eigenvalue weighted by Gasteiger charge is -2.21. The molecule has 0 aromatic heterocycles. The Bertz CT molecular complexity index is 511. The topological polar surface area (TPSA) is 83.6 Å². The number of hydrogen-bond donors (Lipinski definition) is 2. The first kappa shape index (κ1) is 15.0. The summed E-state index contributed by atoms with van der Waals surface area (Å²) in [7, 11) is -3.84. The van der Waals surface area contributed by atoms with E-state index in [0.717, 1.165) is 4.31 Å². The van der Waals surface area contributed by atoms with E-state index in [-0.39, 0.29) is 35.3 Å². The molecule has 0 spiro atoms. The zero-order chi connectivity index (χ0) is 13.8. The number of benzene rings is 1. The van der Waals surface area contributed by atoms with Gasteiger partial charge >= 0.3 is 0 Å². The van der Waals surface area contributed by atoms with Crippen molar-refractivity contribution in [3.05, 3.63) is 35.9 Å². The first-order valence-electron chi connectivity index (χ1n) is 5.21. The van der Waals surface area contributed by atoms with E-state index in [1.807, 2.05) is 0 Å². The standard InChI is InChI=1S/C11H15ClN2O3S/c1-2-6-14(7-8-15)18(16,17)11-9(12)4-3-5-10(11)13/h2-5,15H,1,6-8,13H2. The second-order valence-corrected chi connectivity index (χ2v) is 5.82. The van der Waals surface area contributed by atoms with Crippen LogP contribution in [0.5, 0.6) is 0 Å². The highest BCUT2D eigenvalue weighted by molar-refractivity contribution is 7.89. The van der Waals surface area contributed by atoms with Gasteiger partial charge in [0, 0.05) is 13.1 Å². The molecule has 0 aliphatic rings. The Balaban J connectivity index is 3.30. The van der Waals surface area contributed by atoms with E-state index in [2.05, 4.69) is 6.58 Å². The number of anilines is 1. The third kappa shape index (κ3) is 3.02. The van der Waals surface area contributed by atoms with Crippen LogP contribution in [0.25, 0.3) is 0 Å². The summed E-state index contributed by atoms with van der Waals surface area (Å²) in [5.41, 5.74) is 5.74. The van der Waals surface area contributed by atoms with Gasteiger partial charge in [0.1, 0.15) is 4.90 Å². The van der Waals surface area contributed by atoms with Crippen LogP contribution in [0.15, 0.2) is 35.7 Å². The molecule has 0 amide bonds. The number of nitrogens with two attached hydrogens (primary N) is 1. The molecule has 1 rings (SSSR count). The second kappa shape index (κ2) is 6.19. The van der Waals surface area contributed by atoms with Crippen molar-refractivity contribution in [3.8, 4) is 0 Å². The smallest absolute Gasteiger partial charge is 0.246 e. The molecule has 0 aliphatic heterocycles. The van der Waals surface area contributed by atoms with Gasteiger partial charge in [0.15, 0.2) is 0 Å². The van der Waals surface area contributed by atoms with Crippen LogP contribution >= 0.6 is 11.6 Å². The lowest BCUT2D eigenvalue weighted by atomic mass is 10.3. The van der Waals surface area contributed by atoms with Gasteiger partial charge in [0.2, 0.25) is 10.0 Å². The highest BCUT2D eigenvalue weighted by Gasteiger charge is 2.27. The first-order chi connectivity index (χ1) is 8.45. The monoisotopic (exact) mass is 290 g/mol. The molecule has 0 saturated heterocycles. The molecule has 3 N–H and O–H groups in total. The van der Waals surface area contributed by atoms with Gasteiger partial charge in [-0.3, -0.25) is 0 Å². The Morgan fingerprint density at radius 2 is 2.17 bits per heavy atom. The van der Waals surface area contributed by atoms with E-state index < -0.39 is 10.0 Å². The van der Waals surface area contributed by atoms with Crippen LogP contribution in [0.1, 0.15) is 0 Å². The molecule has 5 nitrogen and oxygen atoms in total. The van der Waals surface area contributed by atoms with Gasteiger partial charge in [-0.2, -0.15) is 4.31 Å². The van der Waals surface area contributed by atoms with Gasteiger partial charge in [-0.25, -0.2) is 8.42 Å². The van der Waals surface area contributed by atoms with E-state index in [1.54, 1.807) is 6.07 Å². The van der Waals surface area contributed by atoms with Crippen molar-refractivity contribution in [3.63, 3.8) is 0 Å². The maximum atomic E-state index is 12.4. The van der Waals surface area contributed by atoms with Crippen molar-refractivity contribution in [2.45, 2.75) is 4.90 Å². The van der Waals surface area contributed by atoms with E-state index >= 15 is 0 Å². The third-order valence-corrected chi connectivity index (χ3v) is 4.69. The molecule has 0 fully saturated rings. The van der Waals surface area contributed by atoms with E-state index in [0.29, 0.717) is 0 Å². The quantitative estimate of drug-likeness (QED) is 0.607. The lowest BCUT2D eigenvalue weighted by molar-refractivity contribution is 0.260. The molecule has 0 bridgehead atoms. The highest BCUT2D eigenvalue weighted by atomic mass is 35.5. The predicted molar refractivity (Wildman–Crippen MR) is 71.9 cm³/mol. The van der Waals surface area contributed by atoms with Crippen molar-refractivity contribution in [2.75, 3.05) is 25.4 Å². The van der Waals surface area contributed by atoms with Crippen molar-refractivity contribution >= 4 is 27.3 Å². The Labute approximate surface area is 112 Å². The van der Waals surface area contributed by atoms with Crippen LogP contribution in [0.3, 0.4) is 0 Å². The zero-order valence-electron chi connectivity index (χ0n) is 9.71. The summed E-state index contributed by atoms with van der Waals surface area (Å²) in [6, 6.07) is 4.49. The predicted octanol–water partition coefficient (Wildman–Crippen LogP) is 1.09. The summed E-state index contributed by atoms with van der Waals surface area (Å²) in [6.07, 6.45) is 1.43. The summed E-state index contributed by atoms with van der Waals surface area (Å²) in [6.45, 7) is 3.22. The molecular weight excluding hydrogens is 276 g/mol. The molecule has 7 heteroatoms. The molecule has 100 valence electrons. The number of rotatable bonds is 6. The number of aliphatic hydroxyl groups is 1. The normalized spacial score (nSPS) is 11.7. The Hall–Kier alpha value is -1.08. The molecule has 0 aliphatic carbocycles. The van der Waals surface area contributed by atoms with Gasteiger partial charge < -0.3 is 10.8 Å². The number of nitrogens with zero attached hydrogens (tertiary/aromatic N) is 1. The lowest BCUT2D eigenvalue weighted by Crippen LogP contribution is -2.34. The fourth-order valence-electron chi connectivity index (χ4n) is 1.49. The largest absolute Gasteiger partial charge is 0.398 e. The molecule has 0 heterocycles. The van der Waals surface area contributed by atoms with Gasteiger partial charge in [-0.1, -0.05) is 23.7 Å². The average Bonchev–Trinajstić information content (AvgIpc) is 2.28. The number of hydrogen-bond acceptors (Lipinski definition) is 4. The minimum atomic E-state index is -3.84. The van der Waals surface area contributed by atoms with E-state index in [4.69, 9.17) is 22.4 Å². The maximum absolute atomic E-state index is 12.4. The fraction of sp³-hybridized carbons (Fsp3) is 0.273. The molecular formula is C11H15ClN2O3S. The maximum Gasteiger partial charge on any atom is 0.246 e. The van der Waals surface area contributed by atoms with Crippen LogP contribution in [0.4, 0.5) is 5.69 Å². The Morgan fingerprint density at radius 1 is 1.50 bits per heavy atom. The summed E-state index contributed by atoms with van der Waals surface area (Å²) < 4.78 is 25.8. The van der Waals surface area contributed by atoms with Crippen molar-refractivity contribution < 1.29 is 13.5 Å². The molecule has 18 heavy (non-hydrogen) atoms. The number of nitrogen functional groups attached to an aromatic ring is 1. The van der Waals surface area contributed by atoms with Crippen molar-refractivity contribution in [1.29, 1.82) is 0 Å². The second-order valence-electron chi connectivity index (χ2n) is 3.53. The van der Waals surface area contributed by atoms with Gasteiger partial charge in [0.25, 0.3) is 0 Å². The fourth-order valence-corrected chi connectivity index (χ4v) is 3.53. The summed E-state index contributed by atoms with van der Waals surface area (Å²) in [4.78, 5) is -0.137. The number of aliphatic hydroxyl groups excluding tert-OH is 1. The van der Waals surface area contributed by atoms with Crippen LogP contribution in [-0.2, 0) is 10.0 Å². The molecule has 0 radical (unpaired) electrons.